The van der Waals surface area contributed by atoms with Gasteiger partial charge in [0.1, 0.15) is 6.04 Å². The monoisotopic (exact) mass is 411 g/mol. The van der Waals surface area contributed by atoms with Gasteiger partial charge in [0.05, 0.1) is 6.42 Å². The predicted octanol–water partition coefficient (Wildman–Crippen LogP) is 2.85. The Morgan fingerprint density at radius 1 is 1.21 bits per heavy atom. The van der Waals surface area contributed by atoms with Crippen molar-refractivity contribution in [3.8, 4) is 22.9 Å². The molecule has 0 aliphatic carbocycles. The zero-order chi connectivity index (χ0) is 20.0. The summed E-state index contributed by atoms with van der Waals surface area (Å²) >= 11 is 5.91. The molecule has 0 saturated heterocycles. The maximum atomic E-state index is 12.5. The molecule has 0 saturated carbocycles. The number of benzene rings is 2. The molecule has 0 spiro atoms. The molecule has 2 aliphatic rings. The lowest BCUT2D eigenvalue weighted by molar-refractivity contribution is -0.123. The summed E-state index contributed by atoms with van der Waals surface area (Å²) < 4.78 is 12.0. The number of halogens is 1. The number of hydrogen-bond acceptors (Lipinski definition) is 6. The molecule has 29 heavy (non-hydrogen) atoms. The van der Waals surface area contributed by atoms with Crippen LogP contribution >= 0.6 is 11.6 Å². The molecule has 10 heteroatoms. The van der Waals surface area contributed by atoms with Crippen molar-refractivity contribution in [3.63, 3.8) is 0 Å². The number of carbonyl (C=O) groups is 2. The van der Waals surface area contributed by atoms with Gasteiger partial charge in [0.2, 0.25) is 18.6 Å². The third kappa shape index (κ3) is 3.25. The van der Waals surface area contributed by atoms with Gasteiger partial charge in [0, 0.05) is 22.3 Å². The zero-order valence-electron chi connectivity index (χ0n) is 14.9. The second-order valence-corrected chi connectivity index (χ2v) is 6.97. The van der Waals surface area contributed by atoms with Gasteiger partial charge in [-0.1, -0.05) is 11.6 Å². The van der Waals surface area contributed by atoms with Gasteiger partial charge in [-0.25, -0.2) is 4.68 Å². The second kappa shape index (κ2) is 6.78. The summed E-state index contributed by atoms with van der Waals surface area (Å²) in [6.45, 7) is 0.153. The van der Waals surface area contributed by atoms with Gasteiger partial charge in [0.15, 0.2) is 17.3 Å². The molecule has 0 fully saturated rings. The number of amides is 2. The number of carbonyl (C=O) groups excluding carboxylic acids is 2. The standard InChI is InChI=1S/C19H14ClN5O4/c20-11-3-1-10(2-4-11)17-22-19-23-18(27)13(25(19)24-17)8-16(26)21-12-5-6-14-15(7-12)29-9-28-14/h1-7,13H,8-9H2,(H,21,26)(H,22,23,24,27)/t13-/m1/s1. The Kier molecular flexibility index (Phi) is 4.09. The lowest BCUT2D eigenvalue weighted by Crippen LogP contribution is -2.23. The molecular formula is C19H14ClN5O4. The fourth-order valence-corrected chi connectivity index (χ4v) is 3.32. The van der Waals surface area contributed by atoms with Crippen LogP contribution in [0.1, 0.15) is 12.5 Å². The minimum absolute atomic E-state index is 0.0866. The average Bonchev–Trinajstić information content (AvgIpc) is 3.39. The number of nitrogens with one attached hydrogen (secondary N) is 2. The lowest BCUT2D eigenvalue weighted by Gasteiger charge is -2.10. The van der Waals surface area contributed by atoms with Crippen molar-refractivity contribution in [1.29, 1.82) is 0 Å². The van der Waals surface area contributed by atoms with Crippen LogP contribution in [-0.4, -0.2) is 33.4 Å². The number of rotatable bonds is 4. The molecule has 0 radical (unpaired) electrons. The SMILES string of the molecule is O=C(C[C@@H]1C(=O)Nc2nc(-c3ccc(Cl)cc3)nn21)Nc1ccc2c(c1)OCO2. The normalized spacial score (nSPS) is 16.4. The van der Waals surface area contributed by atoms with Gasteiger partial charge in [-0.3, -0.25) is 14.9 Å². The fraction of sp³-hybridized carbons (Fsp3) is 0.158. The minimum atomic E-state index is -0.785. The predicted molar refractivity (Wildman–Crippen MR) is 104 cm³/mol. The molecule has 2 aromatic carbocycles. The summed E-state index contributed by atoms with van der Waals surface area (Å²) in [5.41, 5.74) is 1.31. The molecule has 9 nitrogen and oxygen atoms in total. The summed E-state index contributed by atoms with van der Waals surface area (Å²) in [6.07, 6.45) is -0.0866. The van der Waals surface area contributed by atoms with E-state index in [1.807, 2.05) is 0 Å². The molecule has 2 amide bonds. The number of hydrogen-bond donors (Lipinski definition) is 2. The van der Waals surface area contributed by atoms with Gasteiger partial charge in [-0.15, -0.1) is 5.10 Å². The van der Waals surface area contributed by atoms with Crippen LogP contribution < -0.4 is 20.1 Å². The first-order valence-electron chi connectivity index (χ1n) is 8.80. The summed E-state index contributed by atoms with van der Waals surface area (Å²) in [7, 11) is 0. The number of ether oxygens (including phenoxy) is 2. The highest BCUT2D eigenvalue weighted by molar-refractivity contribution is 6.30. The zero-order valence-corrected chi connectivity index (χ0v) is 15.6. The van der Waals surface area contributed by atoms with E-state index in [1.165, 1.54) is 4.68 Å². The average molecular weight is 412 g/mol. The van der Waals surface area contributed by atoms with Crippen LogP contribution in [0.15, 0.2) is 42.5 Å². The Balaban J connectivity index is 1.32. The summed E-state index contributed by atoms with van der Waals surface area (Å²) in [6, 6.07) is 11.4. The lowest BCUT2D eigenvalue weighted by atomic mass is 10.2. The highest BCUT2D eigenvalue weighted by atomic mass is 35.5. The Bertz CT molecular complexity index is 1130. The number of fused-ring (bicyclic) bond motifs is 2. The molecule has 1 aromatic heterocycles. The molecular weight excluding hydrogens is 398 g/mol. The maximum Gasteiger partial charge on any atom is 0.252 e. The highest BCUT2D eigenvalue weighted by Crippen LogP contribution is 2.34. The number of nitrogens with zero attached hydrogens (tertiary/aromatic N) is 3. The topological polar surface area (TPSA) is 107 Å². The van der Waals surface area contributed by atoms with Crippen molar-refractivity contribution in [1.82, 2.24) is 14.8 Å². The van der Waals surface area contributed by atoms with E-state index in [2.05, 4.69) is 20.7 Å². The van der Waals surface area contributed by atoms with E-state index in [0.29, 0.717) is 34.0 Å². The Hall–Kier alpha value is -3.59. The number of anilines is 2. The first kappa shape index (κ1) is 17.5. The molecule has 146 valence electrons. The van der Waals surface area contributed by atoms with Crippen molar-refractivity contribution in [3.05, 3.63) is 47.5 Å². The fourth-order valence-electron chi connectivity index (χ4n) is 3.19. The minimum Gasteiger partial charge on any atom is -0.454 e. The van der Waals surface area contributed by atoms with Crippen molar-refractivity contribution in [2.75, 3.05) is 17.4 Å². The van der Waals surface area contributed by atoms with E-state index in [4.69, 9.17) is 21.1 Å². The van der Waals surface area contributed by atoms with E-state index in [1.54, 1.807) is 42.5 Å². The van der Waals surface area contributed by atoms with Gasteiger partial charge in [-0.05, 0) is 36.4 Å². The smallest absolute Gasteiger partial charge is 0.252 e. The van der Waals surface area contributed by atoms with Crippen molar-refractivity contribution >= 4 is 35.1 Å². The maximum absolute atomic E-state index is 12.5. The molecule has 5 rings (SSSR count). The van der Waals surface area contributed by atoms with Gasteiger partial charge in [-0.2, -0.15) is 4.98 Å². The van der Waals surface area contributed by atoms with Gasteiger partial charge < -0.3 is 14.8 Å². The summed E-state index contributed by atoms with van der Waals surface area (Å²) in [5, 5.41) is 10.4. The molecule has 3 aromatic rings. The van der Waals surface area contributed by atoms with Crippen molar-refractivity contribution < 1.29 is 19.1 Å². The van der Waals surface area contributed by atoms with E-state index in [9.17, 15) is 9.59 Å². The first-order chi connectivity index (χ1) is 14.1. The molecule has 0 bridgehead atoms. The van der Waals surface area contributed by atoms with Crippen LogP contribution in [0.25, 0.3) is 11.4 Å². The van der Waals surface area contributed by atoms with Crippen LogP contribution in [0.2, 0.25) is 5.02 Å². The Labute approximate surface area is 169 Å². The summed E-state index contributed by atoms with van der Waals surface area (Å²) in [4.78, 5) is 29.1. The molecule has 2 aliphatic heterocycles. The second-order valence-electron chi connectivity index (χ2n) is 6.54. The Morgan fingerprint density at radius 3 is 2.83 bits per heavy atom. The quantitative estimate of drug-likeness (QED) is 0.683. The third-order valence-electron chi connectivity index (χ3n) is 4.60. The Morgan fingerprint density at radius 2 is 2.00 bits per heavy atom. The molecule has 0 unspecified atom stereocenters. The first-order valence-corrected chi connectivity index (χ1v) is 9.17. The van der Waals surface area contributed by atoms with Gasteiger partial charge in [0.25, 0.3) is 5.91 Å². The summed E-state index contributed by atoms with van der Waals surface area (Å²) in [5.74, 6) is 1.27. The van der Waals surface area contributed by atoms with E-state index in [-0.39, 0.29) is 25.0 Å². The third-order valence-corrected chi connectivity index (χ3v) is 4.85. The molecule has 3 heterocycles. The van der Waals surface area contributed by atoms with Crippen LogP contribution in [0.3, 0.4) is 0 Å². The van der Waals surface area contributed by atoms with E-state index in [0.717, 1.165) is 5.56 Å². The van der Waals surface area contributed by atoms with E-state index >= 15 is 0 Å². The van der Waals surface area contributed by atoms with Crippen LogP contribution in [0, 0.1) is 0 Å². The number of aromatic nitrogens is 3. The van der Waals surface area contributed by atoms with Gasteiger partial charge >= 0.3 is 0 Å². The van der Waals surface area contributed by atoms with Crippen LogP contribution in [0.5, 0.6) is 11.5 Å². The molecule has 1 atom stereocenters. The molecule has 2 N–H and O–H groups in total. The largest absolute Gasteiger partial charge is 0.454 e. The highest BCUT2D eigenvalue weighted by Gasteiger charge is 2.35. The van der Waals surface area contributed by atoms with Crippen LogP contribution in [0.4, 0.5) is 11.6 Å². The van der Waals surface area contributed by atoms with Crippen molar-refractivity contribution in [2.24, 2.45) is 0 Å². The van der Waals surface area contributed by atoms with Crippen LogP contribution in [-0.2, 0) is 9.59 Å². The van der Waals surface area contributed by atoms with E-state index < -0.39 is 6.04 Å². The van der Waals surface area contributed by atoms with Crippen molar-refractivity contribution in [2.45, 2.75) is 12.5 Å².